The fourth-order valence-electron chi connectivity index (χ4n) is 2.46. The average molecular weight is 410 g/mol. The summed E-state index contributed by atoms with van der Waals surface area (Å²) in [5.74, 6) is 0.510. The molecule has 0 aliphatic rings. The highest BCUT2D eigenvalue weighted by Crippen LogP contribution is 2.33. The zero-order valence-electron chi connectivity index (χ0n) is 16.2. The van der Waals surface area contributed by atoms with E-state index in [2.05, 4.69) is 20.4 Å². The minimum Gasteiger partial charge on any atom is -0.490 e. The quantitative estimate of drug-likeness (QED) is 0.410. The Kier molecular flexibility index (Phi) is 8.26. The van der Waals surface area contributed by atoms with Crippen LogP contribution in [0.15, 0.2) is 39.7 Å². The van der Waals surface area contributed by atoms with Gasteiger partial charge in [-0.3, -0.25) is 4.79 Å². The summed E-state index contributed by atoms with van der Waals surface area (Å²) in [6.45, 7) is 1.87. The third kappa shape index (κ3) is 6.66. The van der Waals surface area contributed by atoms with E-state index in [4.69, 9.17) is 14.9 Å². The van der Waals surface area contributed by atoms with Gasteiger partial charge in [0.1, 0.15) is 5.76 Å². The standard InChI is InChI=1S/C19H24F2N4O4/c1-3-23-19(25-11-13-8-9-15(28-13)17(22)26)24-10-12-6-5-7-14(27-4-2)16(12)29-18(20)21/h5-9,18H,3-4,10-11H2,1-2H3,(H2,22,26)(H2,23,24,25). The number of nitrogens with one attached hydrogen (secondary N) is 2. The lowest BCUT2D eigenvalue weighted by Crippen LogP contribution is -2.36. The molecule has 0 unspecified atom stereocenters. The van der Waals surface area contributed by atoms with E-state index in [-0.39, 0.29) is 30.3 Å². The Hall–Kier alpha value is -3.30. The van der Waals surface area contributed by atoms with Crippen LogP contribution >= 0.6 is 0 Å². The normalized spacial score (nSPS) is 11.4. The molecule has 1 amide bonds. The van der Waals surface area contributed by atoms with E-state index < -0.39 is 12.5 Å². The van der Waals surface area contributed by atoms with Crippen molar-refractivity contribution in [2.75, 3.05) is 13.2 Å². The smallest absolute Gasteiger partial charge is 0.387 e. The molecule has 2 aromatic rings. The van der Waals surface area contributed by atoms with Crippen molar-refractivity contribution in [1.29, 1.82) is 0 Å². The second kappa shape index (κ2) is 10.9. The van der Waals surface area contributed by atoms with Crippen LogP contribution in [-0.2, 0) is 13.1 Å². The van der Waals surface area contributed by atoms with Gasteiger partial charge in [-0.1, -0.05) is 12.1 Å². The number of furan rings is 1. The van der Waals surface area contributed by atoms with E-state index in [0.29, 0.717) is 30.4 Å². The number of nitrogens with two attached hydrogens (primary N) is 1. The van der Waals surface area contributed by atoms with Crippen LogP contribution in [0.5, 0.6) is 11.5 Å². The second-order valence-corrected chi connectivity index (χ2v) is 5.73. The number of ether oxygens (including phenoxy) is 2. The highest BCUT2D eigenvalue weighted by molar-refractivity contribution is 5.89. The number of hydrogen-bond acceptors (Lipinski definition) is 5. The van der Waals surface area contributed by atoms with Crippen molar-refractivity contribution in [3.8, 4) is 11.5 Å². The Morgan fingerprint density at radius 3 is 2.66 bits per heavy atom. The maximum atomic E-state index is 12.8. The van der Waals surface area contributed by atoms with Gasteiger partial charge in [-0.2, -0.15) is 8.78 Å². The van der Waals surface area contributed by atoms with Gasteiger partial charge in [0.2, 0.25) is 0 Å². The largest absolute Gasteiger partial charge is 0.490 e. The zero-order chi connectivity index (χ0) is 21.2. The third-order valence-electron chi connectivity index (χ3n) is 3.65. The van der Waals surface area contributed by atoms with E-state index in [1.165, 1.54) is 6.07 Å². The summed E-state index contributed by atoms with van der Waals surface area (Å²) in [6.07, 6.45) is 0. The maximum Gasteiger partial charge on any atom is 0.387 e. The fourth-order valence-corrected chi connectivity index (χ4v) is 2.46. The number of carbonyl (C=O) groups is 1. The summed E-state index contributed by atoms with van der Waals surface area (Å²) in [6, 6.07) is 7.99. The molecule has 8 nitrogen and oxygen atoms in total. The Balaban J connectivity index is 2.14. The Morgan fingerprint density at radius 2 is 2.03 bits per heavy atom. The minimum absolute atomic E-state index is 0.0407. The van der Waals surface area contributed by atoms with Gasteiger partial charge >= 0.3 is 6.61 Å². The first-order chi connectivity index (χ1) is 13.9. The lowest BCUT2D eigenvalue weighted by atomic mass is 10.2. The molecule has 0 saturated carbocycles. The van der Waals surface area contributed by atoms with Crippen LogP contribution in [0.1, 0.15) is 35.7 Å². The molecule has 10 heteroatoms. The molecular formula is C19H24F2N4O4. The number of para-hydroxylation sites is 1. The van der Waals surface area contributed by atoms with Crippen LogP contribution in [0.3, 0.4) is 0 Å². The molecular weight excluding hydrogens is 386 g/mol. The zero-order valence-corrected chi connectivity index (χ0v) is 16.2. The average Bonchev–Trinajstić information content (AvgIpc) is 3.15. The van der Waals surface area contributed by atoms with Gasteiger partial charge in [-0.05, 0) is 32.0 Å². The Labute approximate surface area is 167 Å². The number of carbonyl (C=O) groups excluding carboxylic acids is 1. The van der Waals surface area contributed by atoms with Gasteiger partial charge in [0, 0.05) is 12.1 Å². The molecule has 0 aliphatic heterocycles. The van der Waals surface area contributed by atoms with Gasteiger partial charge in [0.15, 0.2) is 23.2 Å². The van der Waals surface area contributed by atoms with Crippen LogP contribution in [-0.4, -0.2) is 31.6 Å². The summed E-state index contributed by atoms with van der Waals surface area (Å²) in [4.78, 5) is 15.5. The molecule has 0 radical (unpaired) electrons. The van der Waals surface area contributed by atoms with Crippen molar-refractivity contribution >= 4 is 11.9 Å². The highest BCUT2D eigenvalue weighted by atomic mass is 19.3. The number of halogens is 2. The van der Waals surface area contributed by atoms with Crippen LogP contribution in [0.25, 0.3) is 0 Å². The molecule has 1 aromatic carbocycles. The van der Waals surface area contributed by atoms with Crippen molar-refractivity contribution in [2.45, 2.75) is 33.5 Å². The predicted octanol–water partition coefficient (Wildman–Crippen LogP) is 2.63. The molecule has 0 fully saturated rings. The molecule has 0 spiro atoms. The summed E-state index contributed by atoms with van der Waals surface area (Å²) >= 11 is 0. The number of alkyl halides is 2. The number of rotatable bonds is 10. The SMILES string of the molecule is CCNC(=NCc1cccc(OCC)c1OC(F)F)NCc1ccc(C(N)=O)o1. The number of guanidine groups is 1. The molecule has 0 atom stereocenters. The lowest BCUT2D eigenvalue weighted by Gasteiger charge is -2.15. The summed E-state index contributed by atoms with van der Waals surface area (Å²) < 4.78 is 41.0. The molecule has 1 aromatic heterocycles. The maximum absolute atomic E-state index is 12.8. The van der Waals surface area contributed by atoms with Crippen molar-refractivity contribution in [3.63, 3.8) is 0 Å². The first-order valence-electron chi connectivity index (χ1n) is 9.04. The van der Waals surface area contributed by atoms with E-state index >= 15 is 0 Å². The molecule has 158 valence electrons. The van der Waals surface area contributed by atoms with Gasteiger partial charge in [0.05, 0.1) is 19.7 Å². The van der Waals surface area contributed by atoms with E-state index in [1.54, 1.807) is 31.2 Å². The van der Waals surface area contributed by atoms with Crippen molar-refractivity contribution in [3.05, 3.63) is 47.4 Å². The number of amides is 1. The Morgan fingerprint density at radius 1 is 1.24 bits per heavy atom. The Bertz CT molecular complexity index is 839. The second-order valence-electron chi connectivity index (χ2n) is 5.73. The first-order valence-corrected chi connectivity index (χ1v) is 9.04. The molecule has 29 heavy (non-hydrogen) atoms. The van der Waals surface area contributed by atoms with Crippen LogP contribution < -0.4 is 25.8 Å². The first kappa shape index (κ1) is 22.0. The summed E-state index contributed by atoms with van der Waals surface area (Å²) in [7, 11) is 0. The molecule has 0 saturated heterocycles. The third-order valence-corrected chi connectivity index (χ3v) is 3.65. The molecule has 4 N–H and O–H groups in total. The summed E-state index contributed by atoms with van der Waals surface area (Å²) in [5, 5.41) is 6.07. The molecule has 2 rings (SSSR count). The number of aliphatic imine (C=N–C) groups is 1. The highest BCUT2D eigenvalue weighted by Gasteiger charge is 2.16. The van der Waals surface area contributed by atoms with Crippen LogP contribution in [0.2, 0.25) is 0 Å². The van der Waals surface area contributed by atoms with Gasteiger partial charge < -0.3 is 30.3 Å². The fraction of sp³-hybridized carbons (Fsp3) is 0.368. The number of nitrogens with zero attached hydrogens (tertiary/aromatic N) is 1. The number of benzene rings is 1. The topological polar surface area (TPSA) is 111 Å². The predicted molar refractivity (Wildman–Crippen MR) is 103 cm³/mol. The van der Waals surface area contributed by atoms with Crippen molar-refractivity contribution in [2.24, 2.45) is 10.7 Å². The molecule has 1 heterocycles. The van der Waals surface area contributed by atoms with Crippen molar-refractivity contribution < 1.29 is 27.5 Å². The molecule has 0 bridgehead atoms. The number of primary amides is 1. The van der Waals surface area contributed by atoms with Gasteiger partial charge in [-0.15, -0.1) is 0 Å². The lowest BCUT2D eigenvalue weighted by molar-refractivity contribution is -0.0520. The van der Waals surface area contributed by atoms with Crippen molar-refractivity contribution in [1.82, 2.24) is 10.6 Å². The minimum atomic E-state index is -2.98. The van der Waals surface area contributed by atoms with Gasteiger partial charge in [0.25, 0.3) is 5.91 Å². The van der Waals surface area contributed by atoms with E-state index in [0.717, 1.165) is 0 Å². The van der Waals surface area contributed by atoms with Crippen LogP contribution in [0, 0.1) is 0 Å². The van der Waals surface area contributed by atoms with E-state index in [9.17, 15) is 13.6 Å². The monoisotopic (exact) mass is 410 g/mol. The molecule has 0 aliphatic carbocycles. The summed E-state index contributed by atoms with van der Waals surface area (Å²) in [5.41, 5.74) is 5.61. The van der Waals surface area contributed by atoms with Crippen LogP contribution in [0.4, 0.5) is 8.78 Å². The van der Waals surface area contributed by atoms with Gasteiger partial charge in [-0.25, -0.2) is 4.99 Å². The van der Waals surface area contributed by atoms with E-state index in [1.807, 2.05) is 6.92 Å². The number of hydrogen-bond donors (Lipinski definition) is 3.